The zero-order valence-corrected chi connectivity index (χ0v) is 12.7. The maximum absolute atomic E-state index is 12.0. The molecule has 0 aliphatic carbocycles. The Hall–Kier alpha value is -2.21. The topological polar surface area (TPSA) is 92.7 Å². The van der Waals surface area contributed by atoms with E-state index in [9.17, 15) is 19.5 Å². The molecule has 2 atom stereocenters. The molecule has 0 unspecified atom stereocenters. The molecule has 0 fully saturated rings. The van der Waals surface area contributed by atoms with Gasteiger partial charge >= 0.3 is 5.97 Å². The van der Waals surface area contributed by atoms with Crippen LogP contribution in [0.2, 0.25) is 0 Å². The molecule has 0 aliphatic heterocycles. The highest BCUT2D eigenvalue weighted by molar-refractivity contribution is 5.88. The zero-order valence-electron chi connectivity index (χ0n) is 12.7. The summed E-state index contributed by atoms with van der Waals surface area (Å²) in [6.07, 6.45) is -0.700. The number of ketones is 1. The Balaban J connectivity index is 2.70. The van der Waals surface area contributed by atoms with Crippen molar-refractivity contribution in [2.24, 2.45) is 0 Å². The lowest BCUT2D eigenvalue weighted by atomic mass is 10.1. The molecule has 1 rings (SSSR count). The van der Waals surface area contributed by atoms with Gasteiger partial charge in [0, 0.05) is 12.8 Å². The molecular weight excluding hydrogens is 286 g/mol. The third-order valence-corrected chi connectivity index (χ3v) is 3.27. The average Bonchev–Trinajstić information content (AvgIpc) is 2.57. The summed E-state index contributed by atoms with van der Waals surface area (Å²) in [4.78, 5) is 35.1. The summed E-state index contributed by atoms with van der Waals surface area (Å²) >= 11 is 0. The maximum atomic E-state index is 12.0. The van der Waals surface area contributed by atoms with Gasteiger partial charge in [0.1, 0.15) is 11.8 Å². The van der Waals surface area contributed by atoms with Crippen LogP contribution in [0.5, 0.6) is 0 Å². The molecule has 0 spiro atoms. The predicted molar refractivity (Wildman–Crippen MR) is 79.9 cm³/mol. The largest absolute Gasteiger partial charge is 0.467 e. The monoisotopic (exact) mass is 307 g/mol. The molecule has 0 radical (unpaired) electrons. The summed E-state index contributed by atoms with van der Waals surface area (Å²) in [6, 6.07) is 7.43. The van der Waals surface area contributed by atoms with Crippen molar-refractivity contribution in [2.45, 2.75) is 38.3 Å². The van der Waals surface area contributed by atoms with Crippen molar-refractivity contribution in [3.63, 3.8) is 0 Å². The predicted octanol–water partition coefficient (Wildman–Crippen LogP) is 1.14. The lowest BCUT2D eigenvalue weighted by Gasteiger charge is -2.18. The Bertz CT molecular complexity index is 515. The Morgan fingerprint density at radius 1 is 1.23 bits per heavy atom. The van der Waals surface area contributed by atoms with Gasteiger partial charge in [0.2, 0.25) is 0 Å². The lowest BCUT2D eigenvalue weighted by molar-refractivity contribution is -0.146. The van der Waals surface area contributed by atoms with Crippen molar-refractivity contribution in [2.75, 3.05) is 7.11 Å². The minimum Gasteiger partial charge on any atom is -0.467 e. The van der Waals surface area contributed by atoms with E-state index in [-0.39, 0.29) is 18.6 Å². The van der Waals surface area contributed by atoms with Crippen LogP contribution in [0.3, 0.4) is 0 Å². The molecule has 2 N–H and O–H groups in total. The lowest BCUT2D eigenvalue weighted by Crippen LogP contribution is -2.43. The van der Waals surface area contributed by atoms with Crippen molar-refractivity contribution < 1.29 is 24.2 Å². The molecule has 120 valence electrons. The van der Waals surface area contributed by atoms with Crippen molar-refractivity contribution in [1.29, 1.82) is 0 Å². The molecule has 1 aromatic rings. The van der Waals surface area contributed by atoms with Crippen LogP contribution >= 0.6 is 0 Å². The zero-order chi connectivity index (χ0) is 16.5. The number of aliphatic hydroxyl groups excluding tert-OH is 1. The number of hydrogen-bond acceptors (Lipinski definition) is 5. The van der Waals surface area contributed by atoms with Gasteiger partial charge in [-0.3, -0.25) is 9.59 Å². The molecule has 22 heavy (non-hydrogen) atoms. The van der Waals surface area contributed by atoms with Gasteiger partial charge in [0.25, 0.3) is 5.91 Å². The van der Waals surface area contributed by atoms with E-state index in [4.69, 9.17) is 0 Å². The molecule has 1 aromatic carbocycles. The van der Waals surface area contributed by atoms with Gasteiger partial charge in [0.05, 0.1) is 7.11 Å². The van der Waals surface area contributed by atoms with Crippen LogP contribution in [0.1, 0.15) is 37.9 Å². The van der Waals surface area contributed by atoms with Gasteiger partial charge < -0.3 is 15.2 Å². The van der Waals surface area contributed by atoms with Crippen molar-refractivity contribution >= 4 is 17.7 Å². The molecule has 6 nitrogen and oxygen atoms in total. The quantitative estimate of drug-likeness (QED) is 0.703. The number of esters is 1. The number of benzene rings is 1. The van der Waals surface area contributed by atoms with Gasteiger partial charge in [-0.25, -0.2) is 4.79 Å². The fraction of sp³-hybridized carbons (Fsp3) is 0.438. The smallest absolute Gasteiger partial charge is 0.328 e. The molecular formula is C16H21NO5. The molecule has 0 aliphatic rings. The number of aliphatic hydroxyl groups is 1. The third-order valence-electron chi connectivity index (χ3n) is 3.27. The average molecular weight is 307 g/mol. The molecule has 0 bridgehead atoms. The van der Waals surface area contributed by atoms with E-state index in [1.54, 1.807) is 37.3 Å². The summed E-state index contributed by atoms with van der Waals surface area (Å²) in [5, 5.41) is 12.4. The van der Waals surface area contributed by atoms with Crippen molar-refractivity contribution in [3.8, 4) is 0 Å². The molecule has 6 heteroatoms. The number of nitrogens with one attached hydrogen (secondary N) is 1. The SMILES string of the molecule is CCC(=O)CC[C@H](NC(=O)[C@@H](O)c1ccccc1)C(=O)OC. The first-order chi connectivity index (χ1) is 10.5. The Kier molecular flexibility index (Phi) is 7.25. The van der Waals surface area contributed by atoms with Crippen LogP contribution in [0.15, 0.2) is 30.3 Å². The Morgan fingerprint density at radius 2 is 1.86 bits per heavy atom. The summed E-state index contributed by atoms with van der Waals surface area (Å²) in [5.74, 6) is -1.35. The number of amides is 1. The van der Waals surface area contributed by atoms with Gasteiger partial charge in [-0.2, -0.15) is 0 Å². The van der Waals surface area contributed by atoms with Crippen molar-refractivity contribution in [3.05, 3.63) is 35.9 Å². The van der Waals surface area contributed by atoms with E-state index in [0.29, 0.717) is 12.0 Å². The number of Topliss-reactive ketones (excluding diaryl/α,β-unsaturated/α-hetero) is 1. The van der Waals surface area contributed by atoms with E-state index < -0.39 is 24.0 Å². The van der Waals surface area contributed by atoms with Crippen LogP contribution in [0.4, 0.5) is 0 Å². The van der Waals surface area contributed by atoms with Crippen LogP contribution in [-0.4, -0.2) is 35.9 Å². The highest BCUT2D eigenvalue weighted by Crippen LogP contribution is 2.13. The molecule has 0 aromatic heterocycles. The van der Waals surface area contributed by atoms with Gasteiger partial charge in [-0.05, 0) is 12.0 Å². The molecule has 0 saturated carbocycles. The first-order valence-electron chi connectivity index (χ1n) is 7.12. The molecule has 1 amide bonds. The van der Waals surface area contributed by atoms with E-state index in [2.05, 4.69) is 10.1 Å². The first kappa shape index (κ1) is 17.8. The summed E-state index contributed by atoms with van der Waals surface area (Å²) in [7, 11) is 1.21. The van der Waals surface area contributed by atoms with Gasteiger partial charge in [-0.1, -0.05) is 37.3 Å². The van der Waals surface area contributed by atoms with Gasteiger partial charge in [0.15, 0.2) is 6.10 Å². The summed E-state index contributed by atoms with van der Waals surface area (Å²) in [6.45, 7) is 1.73. The van der Waals surface area contributed by atoms with E-state index >= 15 is 0 Å². The number of methoxy groups -OCH3 is 1. The fourth-order valence-corrected chi connectivity index (χ4v) is 1.91. The number of ether oxygens (including phenoxy) is 1. The maximum Gasteiger partial charge on any atom is 0.328 e. The fourth-order valence-electron chi connectivity index (χ4n) is 1.91. The second kappa shape index (κ2) is 8.94. The number of hydrogen-bond donors (Lipinski definition) is 2. The van der Waals surface area contributed by atoms with E-state index in [0.717, 1.165) is 0 Å². The summed E-state index contributed by atoms with van der Waals surface area (Å²) in [5.41, 5.74) is 0.424. The van der Waals surface area contributed by atoms with E-state index in [1.807, 2.05) is 0 Å². The second-order valence-electron chi connectivity index (χ2n) is 4.83. The highest BCUT2D eigenvalue weighted by Gasteiger charge is 2.26. The summed E-state index contributed by atoms with van der Waals surface area (Å²) < 4.78 is 4.62. The molecule has 0 saturated heterocycles. The van der Waals surface area contributed by atoms with Crippen LogP contribution in [0, 0.1) is 0 Å². The minimum absolute atomic E-state index is 0.00763. The van der Waals surface area contributed by atoms with Crippen molar-refractivity contribution in [1.82, 2.24) is 5.32 Å². The van der Waals surface area contributed by atoms with Gasteiger partial charge in [-0.15, -0.1) is 0 Å². The minimum atomic E-state index is -1.38. The van der Waals surface area contributed by atoms with E-state index in [1.165, 1.54) is 7.11 Å². The standard InChI is InChI=1S/C16H21NO5/c1-3-12(18)9-10-13(16(21)22-2)17-15(20)14(19)11-7-5-4-6-8-11/h4-8,13-14,19H,3,9-10H2,1-2H3,(H,17,20)/t13-,14-/m0/s1. The molecule has 0 heterocycles. The number of carbonyl (C=O) groups excluding carboxylic acids is 3. The van der Waals surface area contributed by atoms with Crippen LogP contribution < -0.4 is 5.32 Å². The Labute approximate surface area is 129 Å². The first-order valence-corrected chi connectivity index (χ1v) is 7.12. The van der Waals surface area contributed by atoms with Crippen LogP contribution in [0.25, 0.3) is 0 Å². The van der Waals surface area contributed by atoms with Crippen LogP contribution in [-0.2, 0) is 19.1 Å². The third kappa shape index (κ3) is 5.29. The normalized spacial score (nSPS) is 13.0. The highest BCUT2D eigenvalue weighted by atomic mass is 16.5. The number of rotatable bonds is 8. The second-order valence-corrected chi connectivity index (χ2v) is 4.83. The Morgan fingerprint density at radius 3 is 2.41 bits per heavy atom. The number of carbonyl (C=O) groups is 3.